The number of aromatic nitrogens is 2. The molecule has 0 unspecified atom stereocenters. The Morgan fingerprint density at radius 2 is 1.72 bits per heavy atom. The van der Waals surface area contributed by atoms with Crippen molar-refractivity contribution in [2.45, 2.75) is 33.2 Å². The minimum atomic E-state index is -0.403. The number of esters is 1. The summed E-state index contributed by atoms with van der Waals surface area (Å²) in [6.07, 6.45) is 0. The van der Waals surface area contributed by atoms with E-state index in [0.29, 0.717) is 22.9 Å². The van der Waals surface area contributed by atoms with E-state index in [9.17, 15) is 9.59 Å². The number of hydrogen-bond acceptors (Lipinski definition) is 6. The van der Waals surface area contributed by atoms with Crippen LogP contribution in [0.5, 0.6) is 0 Å². The van der Waals surface area contributed by atoms with Crippen molar-refractivity contribution >= 4 is 23.5 Å². The van der Waals surface area contributed by atoms with E-state index in [2.05, 4.69) is 25.3 Å². The fourth-order valence-electron chi connectivity index (χ4n) is 2.08. The maximum Gasteiger partial charge on any atom is 0.337 e. The molecule has 7 nitrogen and oxygen atoms in total. The highest BCUT2D eigenvalue weighted by Crippen LogP contribution is 2.16. The number of hydrogen-bond donors (Lipinski definition) is 2. The molecule has 132 valence electrons. The van der Waals surface area contributed by atoms with Gasteiger partial charge in [-0.3, -0.25) is 4.79 Å². The molecular formula is C18H22N4O3. The Labute approximate surface area is 146 Å². The lowest BCUT2D eigenvalue weighted by molar-refractivity contribution is 0.0600. The molecule has 0 aliphatic carbocycles. The first-order chi connectivity index (χ1) is 11.7. The molecule has 1 aromatic heterocycles. The number of benzene rings is 1. The van der Waals surface area contributed by atoms with Gasteiger partial charge in [0, 0.05) is 16.9 Å². The van der Waals surface area contributed by atoms with Gasteiger partial charge in [-0.05, 0) is 58.0 Å². The predicted octanol–water partition coefficient (Wildman–Crippen LogP) is 2.84. The number of carbonyl (C=O) groups is 2. The monoisotopic (exact) mass is 342 g/mol. The molecule has 25 heavy (non-hydrogen) atoms. The summed E-state index contributed by atoms with van der Waals surface area (Å²) in [6.45, 7) is 7.50. The number of aryl methyl sites for hydroxylation is 1. The van der Waals surface area contributed by atoms with Gasteiger partial charge in [0.25, 0.3) is 5.91 Å². The molecule has 2 rings (SSSR count). The molecule has 0 fully saturated rings. The van der Waals surface area contributed by atoms with E-state index in [1.807, 2.05) is 20.8 Å². The van der Waals surface area contributed by atoms with Crippen molar-refractivity contribution in [1.29, 1.82) is 0 Å². The van der Waals surface area contributed by atoms with Gasteiger partial charge in [-0.1, -0.05) is 0 Å². The van der Waals surface area contributed by atoms with Gasteiger partial charge in [0.2, 0.25) is 5.95 Å². The second kappa shape index (κ2) is 7.29. The van der Waals surface area contributed by atoms with Crippen molar-refractivity contribution in [3.05, 3.63) is 47.3 Å². The Balaban J connectivity index is 2.20. The largest absolute Gasteiger partial charge is 0.465 e. The molecule has 0 aliphatic rings. The number of ether oxygens (including phenoxy) is 1. The second-order valence-electron chi connectivity index (χ2n) is 6.62. The molecule has 2 N–H and O–H groups in total. The predicted molar refractivity (Wildman–Crippen MR) is 95.1 cm³/mol. The third-order valence-electron chi connectivity index (χ3n) is 3.14. The van der Waals surface area contributed by atoms with Gasteiger partial charge < -0.3 is 15.4 Å². The Kier molecular flexibility index (Phi) is 5.36. The number of carbonyl (C=O) groups excluding carboxylic acids is 2. The van der Waals surface area contributed by atoms with Crippen LogP contribution in [0, 0.1) is 6.92 Å². The minimum Gasteiger partial charge on any atom is -0.465 e. The second-order valence-corrected chi connectivity index (χ2v) is 6.62. The molecule has 0 aliphatic heterocycles. The molecule has 0 atom stereocenters. The van der Waals surface area contributed by atoms with E-state index >= 15 is 0 Å². The highest BCUT2D eigenvalue weighted by Gasteiger charge is 2.17. The van der Waals surface area contributed by atoms with Gasteiger partial charge in [-0.15, -0.1) is 0 Å². The molecule has 0 radical (unpaired) electrons. The summed E-state index contributed by atoms with van der Waals surface area (Å²) in [4.78, 5) is 32.3. The third kappa shape index (κ3) is 5.27. The number of nitrogens with one attached hydrogen (secondary N) is 2. The first kappa shape index (κ1) is 18.4. The van der Waals surface area contributed by atoms with Crippen LogP contribution >= 0.6 is 0 Å². The summed E-state index contributed by atoms with van der Waals surface area (Å²) < 4.78 is 4.66. The van der Waals surface area contributed by atoms with Crippen molar-refractivity contribution in [2.24, 2.45) is 0 Å². The van der Waals surface area contributed by atoms with Crippen LogP contribution in [0.3, 0.4) is 0 Å². The van der Waals surface area contributed by atoms with Crippen LogP contribution < -0.4 is 10.6 Å². The van der Waals surface area contributed by atoms with E-state index in [0.717, 1.165) is 0 Å². The van der Waals surface area contributed by atoms with Crippen molar-refractivity contribution in [3.8, 4) is 0 Å². The van der Waals surface area contributed by atoms with Gasteiger partial charge in [0.15, 0.2) is 0 Å². The summed E-state index contributed by atoms with van der Waals surface area (Å²) in [5, 5.41) is 5.90. The minimum absolute atomic E-state index is 0.262. The number of amides is 1. The molecule has 0 spiro atoms. The van der Waals surface area contributed by atoms with Crippen LogP contribution in [-0.4, -0.2) is 34.5 Å². The average Bonchev–Trinajstić information content (AvgIpc) is 2.52. The molecule has 1 amide bonds. The van der Waals surface area contributed by atoms with Crippen LogP contribution in [-0.2, 0) is 4.74 Å². The molecule has 0 bridgehead atoms. The molecule has 1 heterocycles. The maximum absolute atomic E-state index is 12.3. The summed E-state index contributed by atoms with van der Waals surface area (Å²) >= 11 is 0. The SMILES string of the molecule is COC(=O)c1ccc(Nc2nc(C)cc(C(=O)NC(C)(C)C)n2)cc1. The van der Waals surface area contributed by atoms with Gasteiger partial charge in [-0.25, -0.2) is 14.8 Å². The molecule has 2 aromatic rings. The summed E-state index contributed by atoms with van der Waals surface area (Å²) in [6, 6.07) is 8.33. The number of anilines is 2. The van der Waals surface area contributed by atoms with Gasteiger partial charge >= 0.3 is 5.97 Å². The molecule has 0 saturated heterocycles. The fraction of sp³-hybridized carbons (Fsp3) is 0.333. The van der Waals surface area contributed by atoms with E-state index < -0.39 is 5.97 Å². The smallest absolute Gasteiger partial charge is 0.337 e. The first-order valence-corrected chi connectivity index (χ1v) is 7.81. The van der Waals surface area contributed by atoms with Crippen LogP contribution in [0.4, 0.5) is 11.6 Å². The third-order valence-corrected chi connectivity index (χ3v) is 3.14. The zero-order valence-electron chi connectivity index (χ0n) is 15.0. The Morgan fingerprint density at radius 3 is 2.28 bits per heavy atom. The van der Waals surface area contributed by atoms with Crippen LogP contribution in [0.1, 0.15) is 47.3 Å². The summed E-state index contributed by atoms with van der Waals surface area (Å²) in [5.41, 5.74) is 1.75. The molecular weight excluding hydrogens is 320 g/mol. The highest BCUT2D eigenvalue weighted by atomic mass is 16.5. The number of methoxy groups -OCH3 is 1. The number of nitrogens with zero attached hydrogens (tertiary/aromatic N) is 2. The lowest BCUT2D eigenvalue weighted by Crippen LogP contribution is -2.41. The first-order valence-electron chi connectivity index (χ1n) is 7.81. The Hall–Kier alpha value is -2.96. The lowest BCUT2D eigenvalue weighted by atomic mass is 10.1. The van der Waals surface area contributed by atoms with Crippen LogP contribution in [0.15, 0.2) is 30.3 Å². The Morgan fingerprint density at radius 1 is 1.08 bits per heavy atom. The van der Waals surface area contributed by atoms with Crippen molar-refractivity contribution in [1.82, 2.24) is 15.3 Å². The van der Waals surface area contributed by atoms with Gasteiger partial charge in [-0.2, -0.15) is 0 Å². The van der Waals surface area contributed by atoms with Crippen molar-refractivity contribution < 1.29 is 14.3 Å². The van der Waals surface area contributed by atoms with E-state index in [4.69, 9.17) is 0 Å². The van der Waals surface area contributed by atoms with Crippen LogP contribution in [0.25, 0.3) is 0 Å². The zero-order chi connectivity index (χ0) is 18.6. The quantitative estimate of drug-likeness (QED) is 0.830. The lowest BCUT2D eigenvalue weighted by Gasteiger charge is -2.20. The fourth-order valence-corrected chi connectivity index (χ4v) is 2.08. The maximum atomic E-state index is 12.3. The standard InChI is InChI=1S/C18H22N4O3/c1-11-10-14(15(23)22-18(2,3)4)21-17(19-11)20-13-8-6-12(7-9-13)16(24)25-5/h6-10H,1-5H3,(H,22,23)(H,19,20,21). The topological polar surface area (TPSA) is 93.2 Å². The molecule has 7 heteroatoms. The average molecular weight is 342 g/mol. The molecule has 1 aromatic carbocycles. The van der Waals surface area contributed by atoms with E-state index in [1.54, 1.807) is 37.3 Å². The normalized spacial score (nSPS) is 10.9. The zero-order valence-corrected chi connectivity index (χ0v) is 15.0. The summed E-state index contributed by atoms with van der Waals surface area (Å²) in [7, 11) is 1.33. The van der Waals surface area contributed by atoms with Gasteiger partial charge in [0.1, 0.15) is 5.69 Å². The van der Waals surface area contributed by atoms with E-state index in [-0.39, 0.29) is 17.1 Å². The van der Waals surface area contributed by atoms with E-state index in [1.165, 1.54) is 7.11 Å². The summed E-state index contributed by atoms with van der Waals surface area (Å²) in [5.74, 6) is -0.355. The Bertz CT molecular complexity index is 780. The highest BCUT2D eigenvalue weighted by molar-refractivity contribution is 5.93. The van der Waals surface area contributed by atoms with Crippen LogP contribution in [0.2, 0.25) is 0 Å². The van der Waals surface area contributed by atoms with Gasteiger partial charge in [0.05, 0.1) is 12.7 Å². The number of rotatable bonds is 4. The van der Waals surface area contributed by atoms with Crippen molar-refractivity contribution in [3.63, 3.8) is 0 Å². The molecule has 0 saturated carbocycles. The van der Waals surface area contributed by atoms with Crippen molar-refractivity contribution in [2.75, 3.05) is 12.4 Å².